The Morgan fingerprint density at radius 2 is 2.15 bits per heavy atom. The molecular formula is C15H21ClN2O2. The minimum atomic E-state index is 0.195. The van der Waals surface area contributed by atoms with Crippen molar-refractivity contribution < 1.29 is 9.84 Å². The van der Waals surface area contributed by atoms with Gasteiger partial charge in [-0.25, -0.2) is 0 Å². The first kappa shape index (κ1) is 15.2. The molecule has 0 bridgehead atoms. The molecule has 0 unspecified atom stereocenters. The zero-order valence-electron chi connectivity index (χ0n) is 11.7. The molecule has 2 rings (SSSR count). The molecule has 0 radical (unpaired) electrons. The molecule has 0 aliphatic carbocycles. The van der Waals surface area contributed by atoms with Crippen LogP contribution < -0.4 is 10.5 Å². The molecule has 0 fully saturated rings. The van der Waals surface area contributed by atoms with Crippen LogP contribution in [0.5, 0.6) is 5.75 Å². The van der Waals surface area contributed by atoms with Gasteiger partial charge in [0.15, 0.2) is 0 Å². The van der Waals surface area contributed by atoms with Gasteiger partial charge in [0, 0.05) is 24.7 Å². The number of hydrogen-bond donors (Lipinski definition) is 2. The second kappa shape index (κ2) is 6.97. The number of benzene rings is 1. The SMILES string of the molecule is COc1cc2c(CCCO)cn(CCCN)c2cc1Cl. The molecule has 3 N–H and O–H groups in total. The molecule has 0 saturated carbocycles. The van der Waals surface area contributed by atoms with Crippen LogP contribution in [0.2, 0.25) is 5.02 Å². The molecule has 110 valence electrons. The first-order chi connectivity index (χ1) is 9.71. The van der Waals surface area contributed by atoms with E-state index < -0.39 is 0 Å². The van der Waals surface area contributed by atoms with E-state index >= 15 is 0 Å². The van der Waals surface area contributed by atoms with Gasteiger partial charge in [-0.3, -0.25) is 0 Å². The largest absolute Gasteiger partial charge is 0.495 e. The molecular weight excluding hydrogens is 276 g/mol. The van der Waals surface area contributed by atoms with E-state index in [-0.39, 0.29) is 6.61 Å². The van der Waals surface area contributed by atoms with Crippen LogP contribution in [0.3, 0.4) is 0 Å². The van der Waals surface area contributed by atoms with Gasteiger partial charge >= 0.3 is 0 Å². The smallest absolute Gasteiger partial charge is 0.138 e. The van der Waals surface area contributed by atoms with Gasteiger partial charge in [-0.05, 0) is 43.5 Å². The standard InChI is InChI=1S/C15H21ClN2O2/c1-20-15-8-12-11(4-2-7-19)10-18(6-3-5-17)14(12)9-13(15)16/h8-10,19H,2-7,17H2,1H3. The zero-order chi connectivity index (χ0) is 14.5. The number of nitrogens with two attached hydrogens (primary N) is 1. The molecule has 0 aliphatic heterocycles. The van der Waals surface area contributed by atoms with Crippen molar-refractivity contribution in [3.8, 4) is 5.75 Å². The summed E-state index contributed by atoms with van der Waals surface area (Å²) in [7, 11) is 1.62. The number of aliphatic hydroxyl groups excluding tert-OH is 1. The van der Waals surface area contributed by atoms with Crippen molar-refractivity contribution in [1.82, 2.24) is 4.57 Å². The van der Waals surface area contributed by atoms with E-state index in [4.69, 9.17) is 27.2 Å². The van der Waals surface area contributed by atoms with Gasteiger partial charge in [-0.1, -0.05) is 11.6 Å². The van der Waals surface area contributed by atoms with Crippen LogP contribution >= 0.6 is 11.6 Å². The Morgan fingerprint density at radius 1 is 1.35 bits per heavy atom. The molecule has 5 heteroatoms. The molecule has 0 atom stereocenters. The quantitative estimate of drug-likeness (QED) is 0.825. The predicted octanol–water partition coefficient (Wildman–Crippen LogP) is 2.58. The molecule has 1 heterocycles. The Bertz CT molecular complexity index is 581. The summed E-state index contributed by atoms with van der Waals surface area (Å²) < 4.78 is 7.47. The van der Waals surface area contributed by atoms with Crippen LogP contribution in [0.25, 0.3) is 10.9 Å². The minimum absolute atomic E-state index is 0.195. The van der Waals surface area contributed by atoms with Gasteiger partial charge in [0.05, 0.1) is 17.6 Å². The fourth-order valence-corrected chi connectivity index (χ4v) is 2.67. The number of aromatic nitrogens is 1. The van der Waals surface area contributed by atoms with E-state index in [9.17, 15) is 0 Å². The van der Waals surface area contributed by atoms with Crippen LogP contribution in [0.4, 0.5) is 0 Å². The summed E-state index contributed by atoms with van der Waals surface area (Å²) in [5.41, 5.74) is 7.89. The van der Waals surface area contributed by atoms with Gasteiger partial charge < -0.3 is 20.1 Å². The van der Waals surface area contributed by atoms with Crippen LogP contribution in [0.1, 0.15) is 18.4 Å². The van der Waals surface area contributed by atoms with Gasteiger partial charge in [-0.2, -0.15) is 0 Å². The van der Waals surface area contributed by atoms with Crippen LogP contribution in [0.15, 0.2) is 18.3 Å². The maximum Gasteiger partial charge on any atom is 0.138 e. The highest BCUT2D eigenvalue weighted by atomic mass is 35.5. The molecule has 0 saturated heterocycles. The molecule has 1 aromatic heterocycles. The van der Waals surface area contributed by atoms with Crippen molar-refractivity contribution in [2.24, 2.45) is 5.73 Å². The molecule has 1 aromatic carbocycles. The maximum absolute atomic E-state index is 9.02. The van der Waals surface area contributed by atoms with Crippen LogP contribution in [0, 0.1) is 0 Å². The minimum Gasteiger partial charge on any atom is -0.495 e. The third-order valence-electron chi connectivity index (χ3n) is 3.44. The Balaban J connectivity index is 2.48. The fourth-order valence-electron chi connectivity index (χ4n) is 2.44. The summed E-state index contributed by atoms with van der Waals surface area (Å²) in [6.45, 7) is 1.73. The fraction of sp³-hybridized carbons (Fsp3) is 0.467. The highest BCUT2D eigenvalue weighted by molar-refractivity contribution is 6.32. The lowest BCUT2D eigenvalue weighted by molar-refractivity contribution is 0.288. The van der Waals surface area contributed by atoms with E-state index in [1.807, 2.05) is 12.1 Å². The van der Waals surface area contributed by atoms with E-state index in [0.717, 1.165) is 36.7 Å². The molecule has 0 spiro atoms. The van der Waals surface area contributed by atoms with E-state index in [1.165, 1.54) is 5.56 Å². The van der Waals surface area contributed by atoms with Crippen molar-refractivity contribution in [3.05, 3.63) is 28.9 Å². The van der Waals surface area contributed by atoms with E-state index in [1.54, 1.807) is 7.11 Å². The van der Waals surface area contributed by atoms with Crippen molar-refractivity contribution in [2.45, 2.75) is 25.8 Å². The lowest BCUT2D eigenvalue weighted by Gasteiger charge is -2.07. The summed E-state index contributed by atoms with van der Waals surface area (Å²) in [6, 6.07) is 3.91. The summed E-state index contributed by atoms with van der Waals surface area (Å²) in [5, 5.41) is 10.8. The van der Waals surface area contributed by atoms with Crippen molar-refractivity contribution in [2.75, 3.05) is 20.3 Å². The average Bonchev–Trinajstić information content (AvgIpc) is 2.79. The number of methoxy groups -OCH3 is 1. The number of ether oxygens (including phenoxy) is 1. The molecule has 0 aliphatic rings. The van der Waals surface area contributed by atoms with Crippen LogP contribution in [-0.4, -0.2) is 29.9 Å². The number of fused-ring (bicyclic) bond motifs is 1. The first-order valence-corrected chi connectivity index (χ1v) is 7.25. The number of aryl methyl sites for hydroxylation is 2. The first-order valence-electron chi connectivity index (χ1n) is 6.87. The monoisotopic (exact) mass is 296 g/mol. The highest BCUT2D eigenvalue weighted by Gasteiger charge is 2.12. The number of rotatable bonds is 7. The number of halogens is 1. The zero-order valence-corrected chi connectivity index (χ0v) is 12.5. The van der Waals surface area contributed by atoms with Gasteiger partial charge in [0.1, 0.15) is 5.75 Å². The van der Waals surface area contributed by atoms with Crippen molar-refractivity contribution >= 4 is 22.5 Å². The average molecular weight is 297 g/mol. The predicted molar refractivity (Wildman–Crippen MR) is 82.6 cm³/mol. The number of hydrogen-bond acceptors (Lipinski definition) is 3. The number of aliphatic hydroxyl groups is 1. The molecule has 0 amide bonds. The summed E-state index contributed by atoms with van der Waals surface area (Å²) in [6.07, 6.45) is 4.65. The molecule has 20 heavy (non-hydrogen) atoms. The lowest BCUT2D eigenvalue weighted by atomic mass is 10.1. The van der Waals surface area contributed by atoms with Gasteiger partial charge in [0.25, 0.3) is 0 Å². The lowest BCUT2D eigenvalue weighted by Crippen LogP contribution is -2.04. The van der Waals surface area contributed by atoms with E-state index in [2.05, 4.69) is 10.8 Å². The Morgan fingerprint density at radius 3 is 2.80 bits per heavy atom. The van der Waals surface area contributed by atoms with Gasteiger partial charge in [-0.15, -0.1) is 0 Å². The number of nitrogens with zero attached hydrogens (tertiary/aromatic N) is 1. The van der Waals surface area contributed by atoms with Crippen LogP contribution in [-0.2, 0) is 13.0 Å². The second-order valence-corrected chi connectivity index (χ2v) is 5.23. The topological polar surface area (TPSA) is 60.4 Å². The Hall–Kier alpha value is -1.23. The summed E-state index contributed by atoms with van der Waals surface area (Å²) >= 11 is 6.22. The summed E-state index contributed by atoms with van der Waals surface area (Å²) in [5.74, 6) is 0.681. The maximum atomic E-state index is 9.02. The molecule has 4 nitrogen and oxygen atoms in total. The normalized spacial score (nSPS) is 11.2. The van der Waals surface area contributed by atoms with Gasteiger partial charge in [0.2, 0.25) is 0 Å². The molecule has 2 aromatic rings. The Labute approximate surface area is 124 Å². The van der Waals surface area contributed by atoms with E-state index in [0.29, 0.717) is 17.3 Å². The third kappa shape index (κ3) is 3.08. The highest BCUT2D eigenvalue weighted by Crippen LogP contribution is 2.33. The summed E-state index contributed by atoms with van der Waals surface area (Å²) in [4.78, 5) is 0. The van der Waals surface area contributed by atoms with Crippen molar-refractivity contribution in [3.63, 3.8) is 0 Å². The third-order valence-corrected chi connectivity index (χ3v) is 3.74. The Kier molecular flexibility index (Phi) is 5.29. The van der Waals surface area contributed by atoms with Crippen molar-refractivity contribution in [1.29, 1.82) is 0 Å². The second-order valence-electron chi connectivity index (χ2n) is 4.82.